The molecule has 0 bridgehead atoms. The minimum atomic E-state index is 0.559. The third-order valence-electron chi connectivity index (χ3n) is 2.42. The topological polar surface area (TPSA) is 42.2 Å². The van der Waals surface area contributed by atoms with Crippen molar-refractivity contribution in [2.45, 2.75) is 19.4 Å². The van der Waals surface area contributed by atoms with Gasteiger partial charge in [0.25, 0.3) is 0 Å². The van der Waals surface area contributed by atoms with E-state index in [2.05, 4.69) is 23.5 Å². The van der Waals surface area contributed by atoms with Gasteiger partial charge in [0, 0.05) is 26.3 Å². The summed E-state index contributed by atoms with van der Waals surface area (Å²) >= 11 is 0. The van der Waals surface area contributed by atoms with E-state index in [0.717, 1.165) is 30.6 Å². The minimum Gasteiger partial charge on any atom is -0.373 e. The molecule has 0 fully saturated rings. The number of unbranched alkanes of at least 4 members (excludes halogenated alkanes) is 1. The summed E-state index contributed by atoms with van der Waals surface area (Å²) in [7, 11) is 2.07. The van der Waals surface area contributed by atoms with Crippen LogP contribution in [0.2, 0.25) is 0 Å². The van der Waals surface area contributed by atoms with E-state index < -0.39 is 0 Å². The molecule has 0 aromatic carbocycles. The van der Waals surface area contributed by atoms with Crippen LogP contribution in [0.25, 0.3) is 0 Å². The van der Waals surface area contributed by atoms with Crippen molar-refractivity contribution in [2.24, 2.45) is 5.73 Å². The van der Waals surface area contributed by atoms with Gasteiger partial charge in [-0.05, 0) is 24.5 Å². The number of nitrogens with two attached hydrogens (primary N) is 1. The Bertz CT molecular complexity index is 309. The monoisotopic (exact) mass is 205 g/mol. The van der Waals surface area contributed by atoms with Crippen LogP contribution in [0.5, 0.6) is 0 Å². The van der Waals surface area contributed by atoms with E-state index in [1.807, 2.05) is 18.3 Å². The Balaban J connectivity index is 2.63. The molecule has 82 valence electrons. The number of rotatable bonds is 6. The molecule has 0 aliphatic rings. The van der Waals surface area contributed by atoms with Crippen LogP contribution in [-0.4, -0.2) is 18.6 Å². The molecular weight excluding hydrogens is 186 g/mol. The number of pyridine rings is 1. The quantitative estimate of drug-likeness (QED) is 0.570. The number of aromatic nitrogens is 1. The molecule has 1 rings (SSSR count). The third kappa shape index (κ3) is 3.36. The molecule has 0 atom stereocenters. The first-order valence-electron chi connectivity index (χ1n) is 5.24. The molecule has 0 spiro atoms. The fraction of sp³-hybridized carbons (Fsp3) is 0.417. The van der Waals surface area contributed by atoms with E-state index in [-0.39, 0.29) is 0 Å². The van der Waals surface area contributed by atoms with Crippen molar-refractivity contribution in [3.8, 4) is 0 Å². The van der Waals surface area contributed by atoms with E-state index in [0.29, 0.717) is 6.54 Å². The molecule has 0 saturated heterocycles. The molecule has 15 heavy (non-hydrogen) atoms. The van der Waals surface area contributed by atoms with E-state index in [1.165, 1.54) is 0 Å². The number of allylic oxidation sites excluding steroid dienone is 1. The summed E-state index contributed by atoms with van der Waals surface area (Å²) < 4.78 is 0. The maximum Gasteiger partial charge on any atom is 0.0595 e. The standard InChI is InChI=1S/C12H19N3/c1-3-4-5-8-15(2)12-10-14-7-6-11(12)9-13/h3,6-7,10H,1,4-5,8-9,13H2,2H3. The van der Waals surface area contributed by atoms with Gasteiger partial charge in [-0.25, -0.2) is 0 Å². The smallest absolute Gasteiger partial charge is 0.0595 e. The Labute approximate surface area is 91.6 Å². The number of anilines is 1. The summed E-state index contributed by atoms with van der Waals surface area (Å²) in [5.74, 6) is 0. The molecule has 0 radical (unpaired) electrons. The van der Waals surface area contributed by atoms with Crippen molar-refractivity contribution in [1.82, 2.24) is 4.98 Å². The normalized spacial score (nSPS) is 10.0. The Hall–Kier alpha value is -1.35. The minimum absolute atomic E-state index is 0.559. The van der Waals surface area contributed by atoms with E-state index in [4.69, 9.17) is 5.73 Å². The van der Waals surface area contributed by atoms with Crippen LogP contribution in [0.3, 0.4) is 0 Å². The molecule has 0 amide bonds. The van der Waals surface area contributed by atoms with Crippen molar-refractivity contribution in [3.63, 3.8) is 0 Å². The van der Waals surface area contributed by atoms with Gasteiger partial charge in [0.15, 0.2) is 0 Å². The predicted octanol–water partition coefficient (Wildman–Crippen LogP) is 1.94. The molecular formula is C12H19N3. The molecule has 1 aromatic rings. The first-order valence-corrected chi connectivity index (χ1v) is 5.24. The van der Waals surface area contributed by atoms with Gasteiger partial charge in [0.2, 0.25) is 0 Å². The summed E-state index contributed by atoms with van der Waals surface area (Å²) in [5.41, 5.74) is 7.95. The highest BCUT2D eigenvalue weighted by molar-refractivity contribution is 5.50. The molecule has 2 N–H and O–H groups in total. The zero-order chi connectivity index (χ0) is 11.1. The maximum atomic E-state index is 5.67. The van der Waals surface area contributed by atoms with Crippen molar-refractivity contribution >= 4 is 5.69 Å². The van der Waals surface area contributed by atoms with Crippen LogP contribution in [-0.2, 0) is 6.54 Å². The number of hydrogen-bond acceptors (Lipinski definition) is 3. The molecule has 3 nitrogen and oxygen atoms in total. The highest BCUT2D eigenvalue weighted by Crippen LogP contribution is 2.17. The lowest BCUT2D eigenvalue weighted by Crippen LogP contribution is -2.20. The van der Waals surface area contributed by atoms with Gasteiger partial charge in [-0.1, -0.05) is 6.08 Å². The van der Waals surface area contributed by atoms with Crippen LogP contribution in [0, 0.1) is 0 Å². The van der Waals surface area contributed by atoms with Gasteiger partial charge >= 0.3 is 0 Å². The van der Waals surface area contributed by atoms with Crippen LogP contribution >= 0.6 is 0 Å². The predicted molar refractivity (Wildman–Crippen MR) is 64.8 cm³/mol. The average Bonchev–Trinajstić information content (AvgIpc) is 2.29. The van der Waals surface area contributed by atoms with Crippen molar-refractivity contribution in [2.75, 3.05) is 18.5 Å². The summed E-state index contributed by atoms with van der Waals surface area (Å²) in [6, 6.07) is 1.97. The third-order valence-corrected chi connectivity index (χ3v) is 2.42. The fourth-order valence-electron chi connectivity index (χ4n) is 1.52. The second kappa shape index (κ2) is 6.19. The Morgan fingerprint density at radius 3 is 3.07 bits per heavy atom. The van der Waals surface area contributed by atoms with Crippen molar-refractivity contribution < 1.29 is 0 Å². The lowest BCUT2D eigenvalue weighted by atomic mass is 10.2. The zero-order valence-electron chi connectivity index (χ0n) is 9.32. The molecule has 0 aliphatic carbocycles. The van der Waals surface area contributed by atoms with Gasteiger partial charge in [0.05, 0.1) is 11.9 Å². The van der Waals surface area contributed by atoms with Gasteiger partial charge in [-0.15, -0.1) is 6.58 Å². The van der Waals surface area contributed by atoms with Crippen LogP contribution in [0.4, 0.5) is 5.69 Å². The van der Waals surface area contributed by atoms with Gasteiger partial charge in [-0.2, -0.15) is 0 Å². The number of hydrogen-bond donors (Lipinski definition) is 1. The average molecular weight is 205 g/mol. The van der Waals surface area contributed by atoms with E-state index in [9.17, 15) is 0 Å². The van der Waals surface area contributed by atoms with Gasteiger partial charge in [0.1, 0.15) is 0 Å². The van der Waals surface area contributed by atoms with Gasteiger partial charge < -0.3 is 10.6 Å². The second-order valence-electron chi connectivity index (χ2n) is 3.56. The first kappa shape index (κ1) is 11.7. The Morgan fingerprint density at radius 1 is 1.60 bits per heavy atom. The van der Waals surface area contributed by atoms with E-state index in [1.54, 1.807) is 6.20 Å². The van der Waals surface area contributed by atoms with Crippen molar-refractivity contribution in [1.29, 1.82) is 0 Å². The molecule has 3 heteroatoms. The van der Waals surface area contributed by atoms with Crippen LogP contribution in [0.15, 0.2) is 31.1 Å². The highest BCUT2D eigenvalue weighted by Gasteiger charge is 2.05. The summed E-state index contributed by atoms with van der Waals surface area (Å²) in [4.78, 5) is 6.32. The Kier molecular flexibility index (Phi) is 4.84. The molecule has 1 aromatic heterocycles. The second-order valence-corrected chi connectivity index (χ2v) is 3.56. The largest absolute Gasteiger partial charge is 0.373 e. The van der Waals surface area contributed by atoms with E-state index >= 15 is 0 Å². The van der Waals surface area contributed by atoms with Gasteiger partial charge in [-0.3, -0.25) is 4.98 Å². The Morgan fingerprint density at radius 2 is 2.40 bits per heavy atom. The summed E-state index contributed by atoms with van der Waals surface area (Å²) in [5, 5.41) is 0. The SMILES string of the molecule is C=CCCCN(C)c1cnccc1CN. The number of nitrogens with zero attached hydrogens (tertiary/aromatic N) is 2. The summed E-state index contributed by atoms with van der Waals surface area (Å²) in [6.07, 6.45) is 7.75. The first-order chi connectivity index (χ1) is 7.29. The lowest BCUT2D eigenvalue weighted by Gasteiger charge is -2.21. The van der Waals surface area contributed by atoms with Crippen molar-refractivity contribution in [3.05, 3.63) is 36.7 Å². The maximum absolute atomic E-state index is 5.67. The molecule has 0 aliphatic heterocycles. The zero-order valence-corrected chi connectivity index (χ0v) is 9.32. The fourth-order valence-corrected chi connectivity index (χ4v) is 1.52. The molecule has 0 saturated carbocycles. The highest BCUT2D eigenvalue weighted by atomic mass is 15.1. The molecule has 1 heterocycles. The lowest BCUT2D eigenvalue weighted by molar-refractivity contribution is 0.795. The van der Waals surface area contributed by atoms with Crippen LogP contribution in [0.1, 0.15) is 18.4 Å². The van der Waals surface area contributed by atoms with Crippen LogP contribution < -0.4 is 10.6 Å². The summed E-state index contributed by atoms with van der Waals surface area (Å²) in [6.45, 7) is 5.28. The molecule has 0 unspecified atom stereocenters.